The number of hydrogen-bond donors (Lipinski definition) is 1. The molecular weight excluding hydrogens is 468 g/mol. The molecule has 2 aliphatic carbocycles. The standard InChI is InChI=1S/C29H32N4O4/c30-18-20-7-9-24-26(20)25(31-21-4-2-1-3-5-21)17-22(32-24)16-19-6-8-23(28-27(19)36-14-15-37-28)29(34)33-10-12-35-13-11-33/h6-8,17,21H,1-5,9-16H2,(H,31,32). The molecule has 0 bridgehead atoms. The van der Waals surface area contributed by atoms with Crippen LogP contribution < -0.4 is 14.8 Å². The Balaban J connectivity index is 1.32. The van der Waals surface area contributed by atoms with E-state index in [1.54, 1.807) is 0 Å². The highest BCUT2D eigenvalue weighted by molar-refractivity contribution is 5.98. The quantitative estimate of drug-likeness (QED) is 0.660. The number of fused-ring (bicyclic) bond motifs is 2. The Morgan fingerprint density at radius 1 is 1.08 bits per heavy atom. The van der Waals surface area contributed by atoms with Crippen LogP contribution in [0.15, 0.2) is 24.3 Å². The van der Waals surface area contributed by atoms with Gasteiger partial charge in [-0.1, -0.05) is 31.4 Å². The number of hydrogen-bond acceptors (Lipinski definition) is 7. The molecule has 192 valence electrons. The van der Waals surface area contributed by atoms with E-state index in [0.717, 1.165) is 41.0 Å². The fraction of sp³-hybridized carbons (Fsp3) is 0.483. The van der Waals surface area contributed by atoms with Crippen molar-refractivity contribution < 1.29 is 19.0 Å². The van der Waals surface area contributed by atoms with Crippen molar-refractivity contribution in [2.45, 2.75) is 51.0 Å². The Labute approximate surface area is 217 Å². The van der Waals surface area contributed by atoms with Crippen LogP contribution in [-0.4, -0.2) is 61.3 Å². The molecule has 4 aliphatic rings. The Hall–Kier alpha value is -3.57. The lowest BCUT2D eigenvalue weighted by Crippen LogP contribution is -2.41. The number of amides is 1. The zero-order valence-electron chi connectivity index (χ0n) is 21.1. The molecule has 1 saturated carbocycles. The molecule has 2 fully saturated rings. The second-order valence-corrected chi connectivity index (χ2v) is 10.1. The van der Waals surface area contributed by atoms with Crippen molar-refractivity contribution in [3.8, 4) is 17.6 Å². The van der Waals surface area contributed by atoms with E-state index in [1.165, 1.54) is 19.3 Å². The largest absolute Gasteiger partial charge is 0.486 e. The van der Waals surface area contributed by atoms with Crippen LogP contribution in [0.1, 0.15) is 65.0 Å². The average molecular weight is 501 g/mol. The Kier molecular flexibility index (Phi) is 6.71. The first-order valence-corrected chi connectivity index (χ1v) is 13.4. The van der Waals surface area contributed by atoms with Gasteiger partial charge in [0.1, 0.15) is 13.2 Å². The van der Waals surface area contributed by atoms with Crippen LogP contribution in [0.3, 0.4) is 0 Å². The average Bonchev–Trinajstić information content (AvgIpc) is 3.37. The van der Waals surface area contributed by atoms with Gasteiger partial charge in [-0.15, -0.1) is 0 Å². The Morgan fingerprint density at radius 2 is 1.86 bits per heavy atom. The van der Waals surface area contributed by atoms with Gasteiger partial charge in [-0.2, -0.15) is 5.26 Å². The van der Waals surface area contributed by atoms with Crippen molar-refractivity contribution in [1.29, 1.82) is 5.26 Å². The molecule has 8 heteroatoms. The predicted molar refractivity (Wildman–Crippen MR) is 139 cm³/mol. The van der Waals surface area contributed by atoms with Crippen molar-refractivity contribution in [1.82, 2.24) is 9.88 Å². The topological polar surface area (TPSA) is 96.7 Å². The van der Waals surface area contributed by atoms with Gasteiger partial charge in [-0.05, 0) is 25.0 Å². The minimum Gasteiger partial charge on any atom is -0.486 e. The number of allylic oxidation sites excluding steroid dienone is 2. The highest BCUT2D eigenvalue weighted by Gasteiger charge is 2.29. The number of morpholine rings is 1. The number of anilines is 1. The van der Waals surface area contributed by atoms with E-state index in [9.17, 15) is 10.1 Å². The molecule has 0 spiro atoms. The molecule has 1 aromatic carbocycles. The molecule has 8 nitrogen and oxygen atoms in total. The number of nitrogens with zero attached hydrogens (tertiary/aromatic N) is 3. The summed E-state index contributed by atoms with van der Waals surface area (Å²) < 4.78 is 17.5. The monoisotopic (exact) mass is 500 g/mol. The zero-order chi connectivity index (χ0) is 25.2. The predicted octanol–water partition coefficient (Wildman–Crippen LogP) is 4.12. The lowest BCUT2D eigenvalue weighted by atomic mass is 9.94. The van der Waals surface area contributed by atoms with E-state index >= 15 is 0 Å². The van der Waals surface area contributed by atoms with Gasteiger partial charge in [-0.25, -0.2) is 0 Å². The van der Waals surface area contributed by atoms with Gasteiger partial charge >= 0.3 is 0 Å². The summed E-state index contributed by atoms with van der Waals surface area (Å²) in [5.41, 5.74) is 5.98. The summed E-state index contributed by atoms with van der Waals surface area (Å²) in [5.74, 6) is 1.10. The number of pyridine rings is 1. The SMILES string of the molecule is N#CC1=CCc2nc(Cc3ccc(C(=O)N4CCOCC4)c4c3OCCO4)cc(NC3CCCCC3)c21. The molecule has 0 unspecified atom stereocenters. The highest BCUT2D eigenvalue weighted by Crippen LogP contribution is 2.40. The van der Waals surface area contributed by atoms with Gasteiger partial charge in [-0.3, -0.25) is 9.78 Å². The number of aromatic nitrogens is 1. The Morgan fingerprint density at radius 3 is 2.65 bits per heavy atom. The van der Waals surface area contributed by atoms with Gasteiger partial charge in [0.2, 0.25) is 0 Å². The maximum atomic E-state index is 13.2. The number of nitriles is 1. The van der Waals surface area contributed by atoms with Crippen LogP contribution in [-0.2, 0) is 17.6 Å². The second kappa shape index (κ2) is 10.4. The first kappa shape index (κ1) is 23.8. The summed E-state index contributed by atoms with van der Waals surface area (Å²) in [6.45, 7) is 3.10. The molecule has 2 aliphatic heterocycles. The fourth-order valence-electron chi connectivity index (χ4n) is 5.81. The zero-order valence-corrected chi connectivity index (χ0v) is 21.1. The molecule has 0 atom stereocenters. The van der Waals surface area contributed by atoms with E-state index in [2.05, 4.69) is 17.5 Å². The molecular formula is C29H32N4O4. The van der Waals surface area contributed by atoms with Gasteiger partial charge < -0.3 is 24.4 Å². The third kappa shape index (κ3) is 4.76. The van der Waals surface area contributed by atoms with Crippen LogP contribution in [0, 0.1) is 11.3 Å². The molecule has 6 rings (SSSR count). The third-order valence-electron chi connectivity index (χ3n) is 7.67. The van der Waals surface area contributed by atoms with Crippen LogP contribution >= 0.6 is 0 Å². The smallest absolute Gasteiger partial charge is 0.257 e. The van der Waals surface area contributed by atoms with E-state index < -0.39 is 0 Å². The molecule has 37 heavy (non-hydrogen) atoms. The maximum Gasteiger partial charge on any atom is 0.257 e. The van der Waals surface area contributed by atoms with Crippen LogP contribution in [0.25, 0.3) is 5.57 Å². The normalized spacial score (nSPS) is 19.1. The lowest BCUT2D eigenvalue weighted by molar-refractivity contribution is 0.0298. The number of rotatable bonds is 5. The van der Waals surface area contributed by atoms with Gasteiger partial charge in [0.15, 0.2) is 11.5 Å². The molecule has 0 radical (unpaired) electrons. The van der Waals surface area contributed by atoms with E-state index in [4.69, 9.17) is 19.2 Å². The third-order valence-corrected chi connectivity index (χ3v) is 7.67. The summed E-state index contributed by atoms with van der Waals surface area (Å²) >= 11 is 0. The summed E-state index contributed by atoms with van der Waals surface area (Å²) in [6.07, 6.45) is 9.24. The maximum absolute atomic E-state index is 13.2. The van der Waals surface area contributed by atoms with Crippen LogP contribution in [0.5, 0.6) is 11.5 Å². The first-order chi connectivity index (χ1) is 18.2. The number of benzene rings is 1. The number of carbonyl (C=O) groups excluding carboxylic acids is 1. The van der Waals surface area contributed by atoms with Gasteiger partial charge in [0, 0.05) is 54.5 Å². The Bertz CT molecular complexity index is 1270. The minimum atomic E-state index is -0.0543. The molecule has 3 heterocycles. The van der Waals surface area contributed by atoms with Crippen molar-refractivity contribution in [3.63, 3.8) is 0 Å². The van der Waals surface area contributed by atoms with Crippen molar-refractivity contribution >= 4 is 17.2 Å². The van der Waals surface area contributed by atoms with Gasteiger partial charge in [0.25, 0.3) is 5.91 Å². The second-order valence-electron chi connectivity index (χ2n) is 10.1. The summed E-state index contributed by atoms with van der Waals surface area (Å²) in [6, 6.07) is 8.68. The molecule has 2 aromatic rings. The first-order valence-electron chi connectivity index (χ1n) is 13.4. The van der Waals surface area contributed by atoms with E-state index in [1.807, 2.05) is 23.1 Å². The number of ether oxygens (including phenoxy) is 3. The van der Waals surface area contributed by atoms with Crippen molar-refractivity contribution in [3.05, 3.63) is 52.4 Å². The summed E-state index contributed by atoms with van der Waals surface area (Å²) in [7, 11) is 0. The lowest BCUT2D eigenvalue weighted by Gasteiger charge is -2.29. The van der Waals surface area contributed by atoms with Gasteiger partial charge in [0.05, 0.1) is 36.1 Å². The van der Waals surface area contributed by atoms with Crippen molar-refractivity contribution in [2.75, 3.05) is 44.8 Å². The molecule has 1 N–H and O–H groups in total. The van der Waals surface area contributed by atoms with E-state index in [-0.39, 0.29) is 5.91 Å². The van der Waals surface area contributed by atoms with Crippen LogP contribution in [0.4, 0.5) is 5.69 Å². The minimum absolute atomic E-state index is 0.0543. The van der Waals surface area contributed by atoms with Crippen LogP contribution in [0.2, 0.25) is 0 Å². The highest BCUT2D eigenvalue weighted by atomic mass is 16.6. The fourth-order valence-corrected chi connectivity index (χ4v) is 5.81. The summed E-state index contributed by atoms with van der Waals surface area (Å²) in [5, 5.41) is 13.4. The number of nitrogens with one attached hydrogen (secondary N) is 1. The molecule has 1 amide bonds. The van der Waals surface area contributed by atoms with E-state index in [0.29, 0.717) is 81.0 Å². The summed E-state index contributed by atoms with van der Waals surface area (Å²) in [4.78, 5) is 20.0. The number of carbonyl (C=O) groups is 1. The van der Waals surface area contributed by atoms with Crippen molar-refractivity contribution in [2.24, 2.45) is 0 Å². The molecule has 1 saturated heterocycles. The molecule has 1 aromatic heterocycles.